The number of ether oxygens (including phenoxy) is 2. The molecule has 2 N–H and O–H groups in total. The van der Waals surface area contributed by atoms with Crippen LogP contribution in [0.5, 0.6) is 5.75 Å². The van der Waals surface area contributed by atoms with E-state index in [0.717, 1.165) is 5.56 Å². The Morgan fingerprint density at radius 2 is 1.95 bits per heavy atom. The third-order valence-electron chi connectivity index (χ3n) is 2.50. The predicted octanol–water partition coefficient (Wildman–Crippen LogP) is 2.71. The molecule has 0 aliphatic carbocycles. The number of carbonyl (C=O) groups is 1. The van der Waals surface area contributed by atoms with Gasteiger partial charge in [-0.25, -0.2) is 0 Å². The molecule has 0 bridgehead atoms. The van der Waals surface area contributed by atoms with Crippen molar-refractivity contribution >= 4 is 17.7 Å². The molecule has 0 radical (unpaired) electrons. The van der Waals surface area contributed by atoms with Crippen molar-refractivity contribution in [2.24, 2.45) is 5.73 Å². The average molecular weight is 323 g/mol. The van der Waals surface area contributed by atoms with Gasteiger partial charge in [-0.05, 0) is 29.9 Å². The van der Waals surface area contributed by atoms with E-state index in [1.54, 1.807) is 12.1 Å². The molecule has 0 amide bonds. The second-order valence-electron chi connectivity index (χ2n) is 4.16. The summed E-state index contributed by atoms with van der Waals surface area (Å²) in [7, 11) is 1.28. The molecule has 0 heterocycles. The highest BCUT2D eigenvalue weighted by molar-refractivity contribution is 7.98. The summed E-state index contributed by atoms with van der Waals surface area (Å²) in [5, 5.41) is 0. The number of methoxy groups -OCH3 is 1. The molecule has 1 rings (SSSR count). The van der Waals surface area contributed by atoms with Crippen molar-refractivity contribution in [1.29, 1.82) is 0 Å². The highest BCUT2D eigenvalue weighted by atomic mass is 32.2. The van der Waals surface area contributed by atoms with Gasteiger partial charge in [0.1, 0.15) is 11.8 Å². The molecule has 0 spiro atoms. The molecule has 0 aliphatic heterocycles. The lowest BCUT2D eigenvalue weighted by molar-refractivity contribution is -0.274. The van der Waals surface area contributed by atoms with Crippen molar-refractivity contribution in [3.8, 4) is 5.75 Å². The second-order valence-corrected chi connectivity index (χ2v) is 5.27. The summed E-state index contributed by atoms with van der Waals surface area (Å²) in [6.45, 7) is 0. The molecule has 0 aromatic heterocycles. The van der Waals surface area contributed by atoms with Crippen LogP contribution in [0.3, 0.4) is 0 Å². The van der Waals surface area contributed by atoms with Crippen LogP contribution in [0.1, 0.15) is 12.0 Å². The molecule has 4 nitrogen and oxygen atoms in total. The summed E-state index contributed by atoms with van der Waals surface area (Å²) in [5.74, 6) is 0.560. The van der Waals surface area contributed by atoms with Gasteiger partial charge in [-0.15, -0.1) is 13.2 Å². The van der Waals surface area contributed by atoms with Gasteiger partial charge in [-0.2, -0.15) is 11.8 Å². The Morgan fingerprint density at radius 3 is 2.48 bits per heavy atom. The molecule has 21 heavy (non-hydrogen) atoms. The minimum absolute atomic E-state index is 0.246. The normalized spacial score (nSPS) is 12.8. The number of hydrogen-bond acceptors (Lipinski definition) is 5. The summed E-state index contributed by atoms with van der Waals surface area (Å²) < 4.78 is 44.2. The molecule has 1 atom stereocenters. The van der Waals surface area contributed by atoms with Crippen LogP contribution in [0.15, 0.2) is 24.3 Å². The predicted molar refractivity (Wildman–Crippen MR) is 73.9 cm³/mol. The van der Waals surface area contributed by atoms with Gasteiger partial charge in [0, 0.05) is 5.75 Å². The number of carbonyl (C=O) groups excluding carboxylic acids is 1. The van der Waals surface area contributed by atoms with Gasteiger partial charge in [-0.1, -0.05) is 12.1 Å². The van der Waals surface area contributed by atoms with Crippen molar-refractivity contribution in [2.45, 2.75) is 24.6 Å². The molecule has 0 saturated carbocycles. The van der Waals surface area contributed by atoms with E-state index in [1.165, 1.54) is 31.0 Å². The first kappa shape index (κ1) is 17.6. The molecule has 118 valence electrons. The van der Waals surface area contributed by atoms with E-state index in [4.69, 9.17) is 5.73 Å². The zero-order valence-corrected chi connectivity index (χ0v) is 12.2. The van der Waals surface area contributed by atoms with E-state index in [1.807, 2.05) is 0 Å². The van der Waals surface area contributed by atoms with Gasteiger partial charge >= 0.3 is 12.3 Å². The molecule has 1 aromatic carbocycles. The third-order valence-corrected chi connectivity index (χ3v) is 3.56. The lowest BCUT2D eigenvalue weighted by atomic mass is 10.2. The van der Waals surface area contributed by atoms with Crippen LogP contribution in [0.4, 0.5) is 13.2 Å². The van der Waals surface area contributed by atoms with Crippen LogP contribution >= 0.6 is 11.8 Å². The number of nitrogens with two attached hydrogens (primary N) is 1. The molecule has 1 unspecified atom stereocenters. The Kier molecular flexibility index (Phi) is 6.83. The van der Waals surface area contributed by atoms with Crippen LogP contribution in [0.25, 0.3) is 0 Å². The number of benzene rings is 1. The van der Waals surface area contributed by atoms with Crippen LogP contribution in [-0.2, 0) is 15.3 Å². The van der Waals surface area contributed by atoms with Crippen LogP contribution < -0.4 is 10.5 Å². The van der Waals surface area contributed by atoms with Crippen molar-refractivity contribution in [3.05, 3.63) is 29.8 Å². The molecular weight excluding hydrogens is 307 g/mol. The van der Waals surface area contributed by atoms with Gasteiger partial charge in [0.2, 0.25) is 0 Å². The maximum absolute atomic E-state index is 12.0. The van der Waals surface area contributed by atoms with E-state index in [-0.39, 0.29) is 5.75 Å². The first-order valence-corrected chi connectivity index (χ1v) is 7.23. The maximum atomic E-state index is 12.0. The Balaban J connectivity index is 2.32. The highest BCUT2D eigenvalue weighted by Crippen LogP contribution is 2.24. The SMILES string of the molecule is COC(=O)C(N)CCSCc1ccc(OC(F)(F)F)cc1. The Bertz CT molecular complexity index is 451. The van der Waals surface area contributed by atoms with E-state index < -0.39 is 18.4 Å². The fourth-order valence-corrected chi connectivity index (χ4v) is 2.45. The van der Waals surface area contributed by atoms with Gasteiger partial charge in [0.15, 0.2) is 0 Å². The average Bonchev–Trinajstić information content (AvgIpc) is 2.42. The first-order valence-electron chi connectivity index (χ1n) is 6.07. The van der Waals surface area contributed by atoms with Crippen molar-refractivity contribution in [2.75, 3.05) is 12.9 Å². The summed E-state index contributed by atoms with van der Waals surface area (Å²) in [4.78, 5) is 11.1. The zero-order chi connectivity index (χ0) is 15.9. The zero-order valence-electron chi connectivity index (χ0n) is 11.4. The van der Waals surface area contributed by atoms with E-state index >= 15 is 0 Å². The number of hydrogen-bond donors (Lipinski definition) is 1. The fraction of sp³-hybridized carbons (Fsp3) is 0.462. The van der Waals surface area contributed by atoms with E-state index in [9.17, 15) is 18.0 Å². The number of alkyl halides is 3. The summed E-state index contributed by atoms with van der Waals surface area (Å²) in [6, 6.07) is 5.01. The minimum Gasteiger partial charge on any atom is -0.468 e. The third kappa shape index (κ3) is 7.24. The van der Waals surface area contributed by atoms with Gasteiger partial charge in [0.25, 0.3) is 0 Å². The van der Waals surface area contributed by atoms with Gasteiger partial charge in [-0.3, -0.25) is 4.79 Å². The molecule has 8 heteroatoms. The lowest BCUT2D eigenvalue weighted by Crippen LogP contribution is -2.31. The topological polar surface area (TPSA) is 61.5 Å². The van der Waals surface area contributed by atoms with Gasteiger partial charge < -0.3 is 15.2 Å². The van der Waals surface area contributed by atoms with Crippen molar-refractivity contribution in [3.63, 3.8) is 0 Å². The smallest absolute Gasteiger partial charge is 0.468 e. The van der Waals surface area contributed by atoms with Crippen molar-refractivity contribution in [1.82, 2.24) is 0 Å². The number of rotatable bonds is 7. The summed E-state index contributed by atoms with van der Waals surface area (Å²) >= 11 is 1.53. The van der Waals surface area contributed by atoms with E-state index in [2.05, 4.69) is 9.47 Å². The van der Waals surface area contributed by atoms with Crippen LogP contribution in [0.2, 0.25) is 0 Å². The van der Waals surface area contributed by atoms with Gasteiger partial charge in [0.05, 0.1) is 7.11 Å². The number of esters is 1. The first-order chi connectivity index (χ1) is 9.81. The highest BCUT2D eigenvalue weighted by Gasteiger charge is 2.30. The molecule has 0 fully saturated rings. The maximum Gasteiger partial charge on any atom is 0.573 e. The Labute approximate surface area is 124 Å². The standard InChI is InChI=1S/C13H16F3NO3S/c1-19-12(18)11(17)6-7-21-8-9-2-4-10(5-3-9)20-13(14,15)16/h2-5,11H,6-8,17H2,1H3. The number of thioether (sulfide) groups is 1. The second kappa shape index (κ2) is 8.14. The Morgan fingerprint density at radius 1 is 1.33 bits per heavy atom. The largest absolute Gasteiger partial charge is 0.573 e. The van der Waals surface area contributed by atoms with Crippen molar-refractivity contribution < 1.29 is 27.4 Å². The van der Waals surface area contributed by atoms with E-state index in [0.29, 0.717) is 17.9 Å². The summed E-state index contributed by atoms with van der Waals surface area (Å²) in [6.07, 6.45) is -4.20. The monoisotopic (exact) mass is 323 g/mol. The minimum atomic E-state index is -4.68. The molecule has 0 aliphatic rings. The van der Waals surface area contributed by atoms with Crippen LogP contribution in [0, 0.1) is 0 Å². The quantitative estimate of drug-likeness (QED) is 0.617. The molecule has 1 aromatic rings. The lowest BCUT2D eigenvalue weighted by Gasteiger charge is -2.10. The molecular formula is C13H16F3NO3S. The summed E-state index contributed by atoms with van der Waals surface area (Å²) in [5.41, 5.74) is 6.44. The Hall–Kier alpha value is -1.41. The fourth-order valence-electron chi connectivity index (χ4n) is 1.46. The van der Waals surface area contributed by atoms with Crippen LogP contribution in [-0.4, -0.2) is 31.2 Å². The number of halogens is 3. The molecule has 0 saturated heterocycles.